The van der Waals surface area contributed by atoms with Crippen molar-refractivity contribution < 1.29 is 19.1 Å². The number of aryl methyl sites for hydroxylation is 1. The minimum Gasteiger partial charge on any atom is -0.497 e. The Bertz CT molecular complexity index is 1170. The smallest absolute Gasteiger partial charge is 0.254 e. The van der Waals surface area contributed by atoms with Crippen LogP contribution in [-0.2, 0) is 4.79 Å². The van der Waals surface area contributed by atoms with E-state index < -0.39 is 0 Å². The number of rotatable bonds is 5. The highest BCUT2D eigenvalue weighted by molar-refractivity contribution is 6.15. The topological polar surface area (TPSA) is 55.8 Å². The summed E-state index contributed by atoms with van der Waals surface area (Å²) >= 11 is 0. The SMILES string of the molecule is COc1ccc(/C=C2/CN(C(=O)c3ccc(C)cc3)C/C(=C\c3ccc(OC)cc3)C2=O)cc1. The maximum atomic E-state index is 13.4. The van der Waals surface area contributed by atoms with Gasteiger partial charge in [-0.15, -0.1) is 0 Å². The summed E-state index contributed by atoms with van der Waals surface area (Å²) in [6, 6.07) is 22.5. The van der Waals surface area contributed by atoms with Crippen molar-refractivity contribution in [2.75, 3.05) is 27.3 Å². The maximum Gasteiger partial charge on any atom is 0.254 e. The number of hydrogen-bond donors (Lipinski definition) is 0. The molecule has 0 aliphatic carbocycles. The minimum absolute atomic E-state index is 0.0559. The van der Waals surface area contributed by atoms with Crippen LogP contribution >= 0.6 is 0 Å². The molecule has 3 aromatic carbocycles. The molecule has 1 saturated heterocycles. The van der Waals surface area contributed by atoms with Crippen LogP contribution in [0, 0.1) is 6.92 Å². The number of piperidine rings is 1. The van der Waals surface area contributed by atoms with Gasteiger partial charge in [-0.05, 0) is 66.6 Å². The Kier molecular flexibility index (Phi) is 6.93. The van der Waals surface area contributed by atoms with E-state index in [0.717, 1.165) is 28.2 Å². The summed E-state index contributed by atoms with van der Waals surface area (Å²) in [5, 5.41) is 0. The molecule has 0 radical (unpaired) electrons. The molecule has 1 amide bonds. The molecule has 1 aliphatic rings. The van der Waals surface area contributed by atoms with Gasteiger partial charge in [-0.2, -0.15) is 0 Å². The Morgan fingerprint density at radius 2 is 1.18 bits per heavy atom. The number of benzene rings is 3. The zero-order chi connectivity index (χ0) is 24.1. The van der Waals surface area contributed by atoms with Crippen LogP contribution in [0.2, 0.25) is 0 Å². The molecule has 5 heteroatoms. The number of amides is 1. The molecular weight excluding hydrogens is 426 g/mol. The third kappa shape index (κ3) is 5.26. The Morgan fingerprint density at radius 3 is 1.59 bits per heavy atom. The molecule has 0 bridgehead atoms. The van der Waals surface area contributed by atoms with Crippen molar-refractivity contribution in [3.63, 3.8) is 0 Å². The lowest BCUT2D eigenvalue weighted by Crippen LogP contribution is -2.41. The number of nitrogens with zero attached hydrogens (tertiary/aromatic N) is 1. The Hall–Kier alpha value is -4.12. The standard InChI is InChI=1S/C29H27NO4/c1-20-4-10-23(11-5-20)29(32)30-18-24(16-21-6-12-26(33-2)13-7-21)28(31)25(19-30)17-22-8-14-27(34-3)15-9-22/h4-17H,18-19H2,1-3H3/b24-16-,25-17+. The van der Waals surface area contributed by atoms with Gasteiger partial charge in [0.15, 0.2) is 5.78 Å². The number of carbonyl (C=O) groups excluding carboxylic acids is 2. The van der Waals surface area contributed by atoms with E-state index in [-0.39, 0.29) is 24.8 Å². The van der Waals surface area contributed by atoms with Gasteiger partial charge in [-0.3, -0.25) is 9.59 Å². The highest BCUT2D eigenvalue weighted by Gasteiger charge is 2.29. The lowest BCUT2D eigenvalue weighted by atomic mass is 9.93. The predicted molar refractivity (Wildman–Crippen MR) is 134 cm³/mol. The number of ether oxygens (including phenoxy) is 2. The molecule has 34 heavy (non-hydrogen) atoms. The van der Waals surface area contributed by atoms with E-state index in [0.29, 0.717) is 16.7 Å². The van der Waals surface area contributed by atoms with Crippen LogP contribution in [0.1, 0.15) is 27.0 Å². The van der Waals surface area contributed by atoms with Gasteiger partial charge in [0, 0.05) is 16.7 Å². The average molecular weight is 454 g/mol. The second-order valence-electron chi connectivity index (χ2n) is 8.24. The Labute approximate surface area is 199 Å². The fourth-order valence-electron chi connectivity index (χ4n) is 3.86. The first kappa shape index (κ1) is 23.1. The van der Waals surface area contributed by atoms with Gasteiger partial charge in [0.05, 0.1) is 27.3 Å². The summed E-state index contributed by atoms with van der Waals surface area (Å²) in [6.45, 7) is 2.48. The summed E-state index contributed by atoms with van der Waals surface area (Å²) in [5.41, 5.74) is 4.57. The van der Waals surface area contributed by atoms with Crippen molar-refractivity contribution >= 4 is 23.8 Å². The van der Waals surface area contributed by atoms with Crippen molar-refractivity contribution in [1.29, 1.82) is 0 Å². The molecule has 3 aromatic rings. The zero-order valence-corrected chi connectivity index (χ0v) is 19.6. The lowest BCUT2D eigenvalue weighted by molar-refractivity contribution is -0.113. The van der Waals surface area contributed by atoms with Gasteiger partial charge >= 0.3 is 0 Å². The molecule has 0 N–H and O–H groups in total. The predicted octanol–water partition coefficient (Wildman–Crippen LogP) is 5.20. The van der Waals surface area contributed by atoms with Crippen LogP contribution in [0.3, 0.4) is 0 Å². The van der Waals surface area contributed by atoms with Crippen molar-refractivity contribution in [3.8, 4) is 11.5 Å². The molecule has 5 nitrogen and oxygen atoms in total. The van der Waals surface area contributed by atoms with Gasteiger partial charge < -0.3 is 14.4 Å². The molecule has 0 atom stereocenters. The van der Waals surface area contributed by atoms with Crippen molar-refractivity contribution in [2.24, 2.45) is 0 Å². The molecule has 172 valence electrons. The summed E-state index contributed by atoms with van der Waals surface area (Å²) in [5.74, 6) is 1.33. The lowest BCUT2D eigenvalue weighted by Gasteiger charge is -2.30. The normalized spacial score (nSPS) is 16.1. The largest absolute Gasteiger partial charge is 0.497 e. The maximum absolute atomic E-state index is 13.4. The summed E-state index contributed by atoms with van der Waals surface area (Å²) in [4.78, 5) is 28.4. The Balaban J connectivity index is 1.70. The minimum atomic E-state index is -0.103. The summed E-state index contributed by atoms with van der Waals surface area (Å²) in [6.07, 6.45) is 3.69. The van der Waals surface area contributed by atoms with E-state index in [4.69, 9.17) is 9.47 Å². The van der Waals surface area contributed by atoms with E-state index in [2.05, 4.69) is 0 Å². The van der Waals surface area contributed by atoms with Gasteiger partial charge in [-0.1, -0.05) is 42.0 Å². The summed E-state index contributed by atoms with van der Waals surface area (Å²) < 4.78 is 10.5. The second kappa shape index (κ2) is 10.2. The first-order valence-electron chi connectivity index (χ1n) is 11.1. The van der Waals surface area contributed by atoms with Crippen molar-refractivity contribution in [3.05, 3.63) is 106 Å². The number of hydrogen-bond acceptors (Lipinski definition) is 4. The molecule has 1 aliphatic heterocycles. The highest BCUT2D eigenvalue weighted by Crippen LogP contribution is 2.25. The van der Waals surface area contributed by atoms with Crippen LogP contribution in [0.5, 0.6) is 11.5 Å². The molecule has 0 saturated carbocycles. The number of ketones is 1. The van der Waals surface area contributed by atoms with E-state index >= 15 is 0 Å². The molecule has 0 unspecified atom stereocenters. The number of carbonyl (C=O) groups is 2. The first-order chi connectivity index (χ1) is 16.5. The molecular formula is C29H27NO4. The zero-order valence-electron chi connectivity index (χ0n) is 19.6. The second-order valence-corrected chi connectivity index (χ2v) is 8.24. The molecule has 0 spiro atoms. The van der Waals surface area contributed by atoms with Gasteiger partial charge in [0.2, 0.25) is 0 Å². The number of likely N-dealkylation sites (tertiary alicyclic amines) is 1. The number of Topliss-reactive ketones (excluding diaryl/α,β-unsaturated/α-hetero) is 1. The van der Waals surface area contributed by atoms with Crippen LogP contribution in [-0.4, -0.2) is 43.9 Å². The highest BCUT2D eigenvalue weighted by atomic mass is 16.5. The fraction of sp³-hybridized carbons (Fsp3) is 0.172. The average Bonchev–Trinajstić information content (AvgIpc) is 2.87. The third-order valence-corrected chi connectivity index (χ3v) is 5.80. The quantitative estimate of drug-likeness (QED) is 0.498. The van der Waals surface area contributed by atoms with Crippen LogP contribution in [0.4, 0.5) is 0 Å². The Morgan fingerprint density at radius 1 is 0.735 bits per heavy atom. The summed E-state index contributed by atoms with van der Waals surface area (Å²) in [7, 11) is 3.23. The van der Waals surface area contributed by atoms with Gasteiger partial charge in [0.25, 0.3) is 5.91 Å². The first-order valence-corrected chi connectivity index (χ1v) is 11.1. The van der Waals surface area contributed by atoms with Crippen molar-refractivity contribution in [1.82, 2.24) is 4.90 Å². The molecule has 1 heterocycles. The molecule has 1 fully saturated rings. The van der Waals surface area contributed by atoms with Crippen molar-refractivity contribution in [2.45, 2.75) is 6.92 Å². The van der Waals surface area contributed by atoms with Crippen LogP contribution < -0.4 is 9.47 Å². The van der Waals surface area contributed by atoms with Gasteiger partial charge in [0.1, 0.15) is 11.5 Å². The fourth-order valence-corrected chi connectivity index (χ4v) is 3.86. The van der Waals surface area contributed by atoms with Gasteiger partial charge in [-0.25, -0.2) is 0 Å². The van der Waals surface area contributed by atoms with Crippen LogP contribution in [0.25, 0.3) is 12.2 Å². The number of methoxy groups -OCH3 is 2. The van der Waals surface area contributed by atoms with E-state index in [1.165, 1.54) is 0 Å². The molecule has 0 aromatic heterocycles. The third-order valence-electron chi connectivity index (χ3n) is 5.80. The molecule has 4 rings (SSSR count). The van der Waals surface area contributed by atoms with E-state index in [1.807, 2.05) is 91.9 Å². The van der Waals surface area contributed by atoms with Crippen LogP contribution in [0.15, 0.2) is 83.9 Å². The van der Waals surface area contributed by atoms with E-state index in [9.17, 15) is 9.59 Å². The van der Waals surface area contributed by atoms with E-state index in [1.54, 1.807) is 19.1 Å². The monoisotopic (exact) mass is 453 g/mol.